The lowest BCUT2D eigenvalue weighted by atomic mass is 9.99. The molecular formula is C19H26O7. The Bertz CT molecular complexity index is 586. The molecule has 7 heteroatoms. The number of hydrogen-bond acceptors (Lipinski definition) is 7. The first-order valence-electron chi connectivity index (χ1n) is 8.44. The van der Waals surface area contributed by atoms with E-state index in [1.165, 1.54) is 6.92 Å². The Balaban J connectivity index is 2.12. The van der Waals surface area contributed by atoms with Crippen LogP contribution in [0, 0.1) is 0 Å². The van der Waals surface area contributed by atoms with Gasteiger partial charge in [0.1, 0.15) is 18.0 Å². The zero-order chi connectivity index (χ0) is 19.1. The summed E-state index contributed by atoms with van der Waals surface area (Å²) in [5, 5.41) is 10.5. The lowest BCUT2D eigenvalue weighted by Gasteiger charge is -2.42. The predicted octanol–water partition coefficient (Wildman–Crippen LogP) is 1.82. The molecule has 1 saturated heterocycles. The van der Waals surface area contributed by atoms with Crippen LogP contribution in [0.25, 0.3) is 0 Å². The minimum Gasteiger partial charge on any atom is -0.497 e. The molecule has 1 heterocycles. The fourth-order valence-corrected chi connectivity index (χ4v) is 2.70. The summed E-state index contributed by atoms with van der Waals surface area (Å²) < 4.78 is 27.5. The molecule has 0 aliphatic carbocycles. The summed E-state index contributed by atoms with van der Waals surface area (Å²) in [5.41, 5.74) is 0.891. The number of esters is 1. The SMILES string of the molecule is C=CCO[C@@H]1O[C@@H](C)[C@H](O)[C@@H](OCc2ccc(OC)cc2)[C@H]1OC(C)=O. The van der Waals surface area contributed by atoms with Gasteiger partial charge >= 0.3 is 5.97 Å². The maximum absolute atomic E-state index is 11.5. The van der Waals surface area contributed by atoms with Crippen LogP contribution in [0.4, 0.5) is 0 Å². The second kappa shape index (κ2) is 9.68. The number of benzene rings is 1. The first kappa shape index (κ1) is 20.4. The van der Waals surface area contributed by atoms with Gasteiger partial charge in [0.25, 0.3) is 0 Å². The van der Waals surface area contributed by atoms with Gasteiger partial charge in [-0.3, -0.25) is 4.79 Å². The third-order valence-electron chi connectivity index (χ3n) is 4.04. The second-order valence-corrected chi connectivity index (χ2v) is 6.02. The molecule has 1 aliphatic heterocycles. The maximum atomic E-state index is 11.5. The first-order valence-corrected chi connectivity index (χ1v) is 8.44. The Labute approximate surface area is 153 Å². The number of rotatable bonds is 8. The van der Waals surface area contributed by atoms with Crippen molar-refractivity contribution in [1.29, 1.82) is 0 Å². The lowest BCUT2D eigenvalue weighted by Crippen LogP contribution is -2.59. The van der Waals surface area contributed by atoms with Crippen LogP contribution in [0.5, 0.6) is 5.75 Å². The fraction of sp³-hybridized carbons (Fsp3) is 0.526. The highest BCUT2D eigenvalue weighted by Gasteiger charge is 2.47. The van der Waals surface area contributed by atoms with Crippen LogP contribution in [-0.4, -0.2) is 55.5 Å². The Morgan fingerprint density at radius 1 is 1.27 bits per heavy atom. The third kappa shape index (κ3) is 5.28. The predicted molar refractivity (Wildman–Crippen MR) is 93.6 cm³/mol. The number of hydrogen-bond donors (Lipinski definition) is 1. The van der Waals surface area contributed by atoms with Gasteiger partial charge in [-0.25, -0.2) is 0 Å². The van der Waals surface area contributed by atoms with Crippen molar-refractivity contribution >= 4 is 5.97 Å². The molecule has 1 fully saturated rings. The van der Waals surface area contributed by atoms with E-state index >= 15 is 0 Å². The van der Waals surface area contributed by atoms with Crippen molar-refractivity contribution < 1.29 is 33.6 Å². The Hall–Kier alpha value is -1.93. The molecule has 1 N–H and O–H groups in total. The summed E-state index contributed by atoms with van der Waals surface area (Å²) in [4.78, 5) is 11.5. The van der Waals surface area contributed by atoms with Gasteiger partial charge in [0.05, 0.1) is 26.4 Å². The van der Waals surface area contributed by atoms with Gasteiger partial charge in [0.15, 0.2) is 12.4 Å². The van der Waals surface area contributed by atoms with Crippen LogP contribution >= 0.6 is 0 Å². The summed E-state index contributed by atoms with van der Waals surface area (Å²) in [6, 6.07) is 7.36. The normalized spacial score (nSPS) is 28.4. The second-order valence-electron chi connectivity index (χ2n) is 6.02. The third-order valence-corrected chi connectivity index (χ3v) is 4.04. The van der Waals surface area contributed by atoms with E-state index in [0.29, 0.717) is 0 Å². The molecule has 1 aromatic carbocycles. The van der Waals surface area contributed by atoms with Crippen molar-refractivity contribution in [2.45, 2.75) is 51.2 Å². The van der Waals surface area contributed by atoms with Crippen LogP contribution in [0.1, 0.15) is 19.4 Å². The summed E-state index contributed by atoms with van der Waals surface area (Å²) >= 11 is 0. The summed E-state index contributed by atoms with van der Waals surface area (Å²) in [7, 11) is 1.60. The fourth-order valence-electron chi connectivity index (χ4n) is 2.70. The summed E-state index contributed by atoms with van der Waals surface area (Å²) in [5.74, 6) is 0.231. The molecule has 0 bridgehead atoms. The molecule has 1 aromatic rings. The first-order chi connectivity index (χ1) is 12.5. The zero-order valence-corrected chi connectivity index (χ0v) is 15.3. The minimum absolute atomic E-state index is 0.219. The largest absolute Gasteiger partial charge is 0.497 e. The van der Waals surface area contributed by atoms with Gasteiger partial charge in [0.2, 0.25) is 0 Å². The van der Waals surface area contributed by atoms with Crippen LogP contribution in [0.15, 0.2) is 36.9 Å². The molecule has 0 aromatic heterocycles. The van der Waals surface area contributed by atoms with Crippen molar-refractivity contribution in [2.75, 3.05) is 13.7 Å². The molecule has 5 atom stereocenters. The smallest absolute Gasteiger partial charge is 0.303 e. The van der Waals surface area contributed by atoms with Gasteiger partial charge in [-0.1, -0.05) is 18.2 Å². The van der Waals surface area contributed by atoms with Gasteiger partial charge in [-0.15, -0.1) is 6.58 Å². The highest BCUT2D eigenvalue weighted by atomic mass is 16.7. The number of aliphatic hydroxyl groups excluding tert-OH is 1. The number of carbonyl (C=O) groups excluding carboxylic acids is 1. The Morgan fingerprint density at radius 3 is 2.54 bits per heavy atom. The molecule has 7 nitrogen and oxygen atoms in total. The summed E-state index contributed by atoms with van der Waals surface area (Å²) in [6.07, 6.45) is -2.48. The average molecular weight is 366 g/mol. The van der Waals surface area contributed by atoms with E-state index in [1.54, 1.807) is 20.1 Å². The van der Waals surface area contributed by atoms with Gasteiger partial charge in [0, 0.05) is 6.92 Å². The monoisotopic (exact) mass is 366 g/mol. The zero-order valence-electron chi connectivity index (χ0n) is 15.3. The van der Waals surface area contributed by atoms with Crippen molar-refractivity contribution in [2.24, 2.45) is 0 Å². The number of ether oxygens (including phenoxy) is 5. The Kier molecular flexibility index (Phi) is 7.59. The minimum atomic E-state index is -0.971. The van der Waals surface area contributed by atoms with Gasteiger partial charge < -0.3 is 28.8 Å². The van der Waals surface area contributed by atoms with Crippen molar-refractivity contribution in [3.63, 3.8) is 0 Å². The molecule has 0 saturated carbocycles. The maximum Gasteiger partial charge on any atom is 0.303 e. The van der Waals surface area contributed by atoms with E-state index in [4.69, 9.17) is 23.7 Å². The van der Waals surface area contributed by atoms with E-state index in [2.05, 4.69) is 6.58 Å². The number of carbonyl (C=O) groups is 1. The van der Waals surface area contributed by atoms with E-state index in [0.717, 1.165) is 11.3 Å². The standard InChI is InChI=1S/C19H26O7/c1-5-10-23-19-18(26-13(3)20)17(16(21)12(2)25-19)24-11-14-6-8-15(22-4)9-7-14/h5-9,12,16-19,21H,1,10-11H2,2-4H3/t12-,16-,17+,18+,19+/m0/s1. The van der Waals surface area contributed by atoms with Gasteiger partial charge in [-0.2, -0.15) is 0 Å². The Morgan fingerprint density at radius 2 is 1.96 bits per heavy atom. The van der Waals surface area contributed by atoms with Crippen LogP contribution in [-0.2, 0) is 30.3 Å². The average Bonchev–Trinajstić information content (AvgIpc) is 2.63. The molecule has 144 valence electrons. The quantitative estimate of drug-likeness (QED) is 0.555. The molecule has 0 spiro atoms. The molecular weight excluding hydrogens is 340 g/mol. The van der Waals surface area contributed by atoms with E-state index < -0.39 is 36.7 Å². The highest BCUT2D eigenvalue weighted by Crippen LogP contribution is 2.28. The molecule has 26 heavy (non-hydrogen) atoms. The molecule has 0 amide bonds. The molecule has 0 radical (unpaired) electrons. The van der Waals surface area contributed by atoms with Gasteiger partial charge in [-0.05, 0) is 24.6 Å². The highest BCUT2D eigenvalue weighted by molar-refractivity contribution is 5.66. The van der Waals surface area contributed by atoms with Crippen molar-refractivity contribution in [3.8, 4) is 5.75 Å². The van der Waals surface area contributed by atoms with E-state index in [1.807, 2.05) is 24.3 Å². The van der Waals surface area contributed by atoms with Crippen molar-refractivity contribution in [1.82, 2.24) is 0 Å². The summed E-state index contributed by atoms with van der Waals surface area (Å²) in [6.45, 7) is 7.04. The van der Waals surface area contributed by atoms with E-state index in [-0.39, 0.29) is 13.2 Å². The molecule has 1 aliphatic rings. The van der Waals surface area contributed by atoms with E-state index in [9.17, 15) is 9.90 Å². The van der Waals surface area contributed by atoms with Crippen LogP contribution in [0.3, 0.4) is 0 Å². The van der Waals surface area contributed by atoms with Crippen LogP contribution in [0.2, 0.25) is 0 Å². The molecule has 2 rings (SSSR count). The number of aliphatic hydroxyl groups is 1. The lowest BCUT2D eigenvalue weighted by molar-refractivity contribution is -0.302. The topological polar surface area (TPSA) is 83.5 Å². The number of methoxy groups -OCH3 is 1. The van der Waals surface area contributed by atoms with Crippen LogP contribution < -0.4 is 4.74 Å². The van der Waals surface area contributed by atoms with Crippen molar-refractivity contribution in [3.05, 3.63) is 42.5 Å². The molecule has 0 unspecified atom stereocenters.